The summed E-state index contributed by atoms with van der Waals surface area (Å²) < 4.78 is 0. The fourth-order valence-corrected chi connectivity index (χ4v) is 1.73. The average Bonchev–Trinajstić information content (AvgIpc) is 2.40. The van der Waals surface area contributed by atoms with Gasteiger partial charge in [-0.15, -0.1) is 0 Å². The third-order valence-corrected chi connectivity index (χ3v) is 2.68. The molecule has 0 saturated carbocycles. The van der Waals surface area contributed by atoms with Crippen LogP contribution in [-0.4, -0.2) is 12.8 Å². The summed E-state index contributed by atoms with van der Waals surface area (Å²) in [5.41, 5.74) is 2.76. The van der Waals surface area contributed by atoms with Gasteiger partial charge in [0.2, 0.25) is 0 Å². The molecule has 0 radical (unpaired) electrons. The second-order valence-electron chi connectivity index (χ2n) is 3.92. The predicted octanol–water partition coefficient (Wildman–Crippen LogP) is 3.15. The van der Waals surface area contributed by atoms with Crippen molar-refractivity contribution in [2.24, 2.45) is 0 Å². The van der Waals surface area contributed by atoms with E-state index in [4.69, 9.17) is 0 Å². The lowest BCUT2D eigenvalue weighted by Crippen LogP contribution is -2.04. The molecule has 86 valence electrons. The van der Waals surface area contributed by atoms with Crippen LogP contribution in [0, 0.1) is 0 Å². The summed E-state index contributed by atoms with van der Waals surface area (Å²) in [5.74, 6) is 0.147. The van der Waals surface area contributed by atoms with Gasteiger partial charge in [0.05, 0.1) is 0 Å². The SMILES string of the molecule is CNc1cccc(C(=O)Cc2ccccc2)c1. The first kappa shape index (κ1) is 11.4. The Hall–Kier alpha value is -2.09. The third-order valence-electron chi connectivity index (χ3n) is 2.68. The van der Waals surface area contributed by atoms with Crippen molar-refractivity contribution in [1.82, 2.24) is 0 Å². The number of rotatable bonds is 4. The highest BCUT2D eigenvalue weighted by Crippen LogP contribution is 2.12. The van der Waals surface area contributed by atoms with Crippen LogP contribution in [0.15, 0.2) is 54.6 Å². The van der Waals surface area contributed by atoms with Crippen LogP contribution in [0.3, 0.4) is 0 Å². The Morgan fingerprint density at radius 1 is 1.06 bits per heavy atom. The first-order valence-electron chi connectivity index (χ1n) is 5.64. The number of Topliss-reactive ketones (excluding diaryl/α,β-unsaturated/α-hetero) is 1. The molecule has 17 heavy (non-hydrogen) atoms. The summed E-state index contributed by atoms with van der Waals surface area (Å²) >= 11 is 0. The summed E-state index contributed by atoms with van der Waals surface area (Å²) in [6.45, 7) is 0. The van der Waals surface area contributed by atoms with Gasteiger partial charge in [-0.25, -0.2) is 0 Å². The van der Waals surface area contributed by atoms with Crippen LogP contribution >= 0.6 is 0 Å². The Balaban J connectivity index is 2.14. The molecule has 0 spiro atoms. The number of hydrogen-bond donors (Lipinski definition) is 1. The largest absolute Gasteiger partial charge is 0.388 e. The minimum atomic E-state index is 0.147. The topological polar surface area (TPSA) is 29.1 Å². The van der Waals surface area contributed by atoms with Gasteiger partial charge in [0.25, 0.3) is 0 Å². The van der Waals surface area contributed by atoms with Crippen molar-refractivity contribution in [1.29, 1.82) is 0 Å². The number of carbonyl (C=O) groups is 1. The summed E-state index contributed by atoms with van der Waals surface area (Å²) in [4.78, 5) is 12.1. The molecule has 1 N–H and O–H groups in total. The van der Waals surface area contributed by atoms with Gasteiger partial charge in [-0.2, -0.15) is 0 Å². The summed E-state index contributed by atoms with van der Waals surface area (Å²) in [7, 11) is 1.85. The van der Waals surface area contributed by atoms with Gasteiger partial charge in [0.15, 0.2) is 5.78 Å². The molecule has 0 aliphatic heterocycles. The van der Waals surface area contributed by atoms with Crippen molar-refractivity contribution in [3.63, 3.8) is 0 Å². The molecular formula is C15H15NO. The second-order valence-corrected chi connectivity index (χ2v) is 3.92. The first-order valence-corrected chi connectivity index (χ1v) is 5.64. The van der Waals surface area contributed by atoms with E-state index in [9.17, 15) is 4.79 Å². The fourth-order valence-electron chi connectivity index (χ4n) is 1.73. The molecule has 0 unspecified atom stereocenters. The average molecular weight is 225 g/mol. The molecule has 0 aliphatic carbocycles. The van der Waals surface area contributed by atoms with Gasteiger partial charge in [-0.1, -0.05) is 42.5 Å². The normalized spacial score (nSPS) is 9.94. The van der Waals surface area contributed by atoms with Crippen molar-refractivity contribution in [2.75, 3.05) is 12.4 Å². The van der Waals surface area contributed by atoms with Crippen LogP contribution in [-0.2, 0) is 6.42 Å². The van der Waals surface area contributed by atoms with Crippen LogP contribution in [0.4, 0.5) is 5.69 Å². The molecular weight excluding hydrogens is 210 g/mol. The lowest BCUT2D eigenvalue weighted by molar-refractivity contribution is 0.0993. The van der Waals surface area contributed by atoms with E-state index >= 15 is 0 Å². The van der Waals surface area contributed by atoms with E-state index in [1.54, 1.807) is 0 Å². The molecule has 2 aromatic rings. The summed E-state index contributed by atoms with van der Waals surface area (Å²) in [6.07, 6.45) is 0.452. The number of hydrogen-bond acceptors (Lipinski definition) is 2. The Kier molecular flexibility index (Phi) is 3.55. The monoisotopic (exact) mass is 225 g/mol. The predicted molar refractivity (Wildman–Crippen MR) is 70.5 cm³/mol. The van der Waals surface area contributed by atoms with Crippen LogP contribution < -0.4 is 5.32 Å². The maximum Gasteiger partial charge on any atom is 0.167 e. The molecule has 0 saturated heterocycles. The highest BCUT2D eigenvalue weighted by atomic mass is 16.1. The van der Waals surface area contributed by atoms with Gasteiger partial charge in [0.1, 0.15) is 0 Å². The van der Waals surface area contributed by atoms with Crippen LogP contribution in [0.25, 0.3) is 0 Å². The van der Waals surface area contributed by atoms with Crippen LogP contribution in [0.5, 0.6) is 0 Å². The fraction of sp³-hybridized carbons (Fsp3) is 0.133. The molecule has 0 aliphatic rings. The Morgan fingerprint density at radius 3 is 2.53 bits per heavy atom. The third kappa shape index (κ3) is 2.94. The van der Waals surface area contributed by atoms with Crippen molar-refractivity contribution in [3.05, 3.63) is 65.7 Å². The Labute approximate surface area is 101 Å². The van der Waals surface area contributed by atoms with Crippen molar-refractivity contribution in [3.8, 4) is 0 Å². The number of anilines is 1. The minimum absolute atomic E-state index is 0.147. The minimum Gasteiger partial charge on any atom is -0.388 e. The van der Waals surface area contributed by atoms with E-state index < -0.39 is 0 Å². The maximum atomic E-state index is 12.1. The zero-order valence-corrected chi connectivity index (χ0v) is 9.81. The molecule has 2 nitrogen and oxygen atoms in total. The molecule has 2 heteroatoms. The maximum absolute atomic E-state index is 12.1. The second kappa shape index (κ2) is 5.30. The van der Waals surface area contributed by atoms with E-state index in [0.717, 1.165) is 16.8 Å². The van der Waals surface area contributed by atoms with Crippen LogP contribution in [0.1, 0.15) is 15.9 Å². The highest BCUT2D eigenvalue weighted by Gasteiger charge is 2.06. The molecule has 0 amide bonds. The van der Waals surface area contributed by atoms with E-state index in [-0.39, 0.29) is 5.78 Å². The van der Waals surface area contributed by atoms with E-state index in [0.29, 0.717) is 6.42 Å². The van der Waals surface area contributed by atoms with Gasteiger partial charge in [0, 0.05) is 24.7 Å². The number of carbonyl (C=O) groups excluding carboxylic acids is 1. The Bertz CT molecular complexity index is 505. The van der Waals surface area contributed by atoms with Gasteiger partial charge >= 0.3 is 0 Å². The lowest BCUT2D eigenvalue weighted by Gasteiger charge is -2.04. The first-order chi connectivity index (χ1) is 8.29. The van der Waals surface area contributed by atoms with E-state index in [1.807, 2.05) is 61.6 Å². The Morgan fingerprint density at radius 2 is 1.82 bits per heavy atom. The van der Waals surface area contributed by atoms with Crippen molar-refractivity contribution in [2.45, 2.75) is 6.42 Å². The van der Waals surface area contributed by atoms with E-state index in [2.05, 4.69) is 5.32 Å². The number of ketones is 1. The molecule has 2 rings (SSSR count). The molecule has 0 heterocycles. The van der Waals surface area contributed by atoms with E-state index in [1.165, 1.54) is 0 Å². The number of benzene rings is 2. The number of nitrogens with one attached hydrogen (secondary N) is 1. The molecule has 0 aromatic heterocycles. The standard InChI is InChI=1S/C15H15NO/c1-16-14-9-5-8-13(11-14)15(17)10-12-6-3-2-4-7-12/h2-9,11,16H,10H2,1H3. The smallest absolute Gasteiger partial charge is 0.167 e. The van der Waals surface area contributed by atoms with Crippen molar-refractivity contribution >= 4 is 11.5 Å². The molecule has 0 atom stereocenters. The zero-order valence-electron chi connectivity index (χ0n) is 9.81. The van der Waals surface area contributed by atoms with Gasteiger partial charge in [-0.3, -0.25) is 4.79 Å². The summed E-state index contributed by atoms with van der Waals surface area (Å²) in [5, 5.41) is 3.03. The lowest BCUT2D eigenvalue weighted by atomic mass is 10.0. The van der Waals surface area contributed by atoms with Crippen LogP contribution in [0.2, 0.25) is 0 Å². The zero-order chi connectivity index (χ0) is 12.1. The van der Waals surface area contributed by atoms with Crippen molar-refractivity contribution < 1.29 is 4.79 Å². The van der Waals surface area contributed by atoms with Gasteiger partial charge in [-0.05, 0) is 17.7 Å². The highest BCUT2D eigenvalue weighted by molar-refractivity contribution is 5.98. The molecule has 0 fully saturated rings. The molecule has 0 bridgehead atoms. The van der Waals surface area contributed by atoms with Gasteiger partial charge < -0.3 is 5.32 Å². The quantitative estimate of drug-likeness (QED) is 0.810. The molecule has 2 aromatic carbocycles. The summed E-state index contributed by atoms with van der Waals surface area (Å²) in [6, 6.07) is 17.4.